The number of hydrogen-bond acceptors (Lipinski definition) is 4. The van der Waals surface area contributed by atoms with Gasteiger partial charge in [-0.25, -0.2) is 9.97 Å². The average molecular weight is 403 g/mol. The summed E-state index contributed by atoms with van der Waals surface area (Å²) in [6.07, 6.45) is -1.83. The predicted octanol–water partition coefficient (Wildman–Crippen LogP) is 3.26. The van der Waals surface area contributed by atoms with Crippen LogP contribution in [-0.2, 0) is 17.4 Å². The molecule has 0 bridgehead atoms. The third-order valence-corrected chi connectivity index (χ3v) is 5.07. The van der Waals surface area contributed by atoms with Gasteiger partial charge in [-0.1, -0.05) is 18.2 Å². The van der Waals surface area contributed by atoms with E-state index in [1.165, 1.54) is 0 Å². The number of aromatic amines is 1. The number of rotatable bonds is 4. The number of anilines is 1. The lowest BCUT2D eigenvalue weighted by Crippen LogP contribution is -2.49. The van der Waals surface area contributed by atoms with E-state index in [2.05, 4.69) is 21.0 Å². The van der Waals surface area contributed by atoms with Gasteiger partial charge in [-0.3, -0.25) is 4.79 Å². The van der Waals surface area contributed by atoms with Gasteiger partial charge in [0.2, 0.25) is 11.9 Å². The van der Waals surface area contributed by atoms with Crippen molar-refractivity contribution in [3.05, 3.63) is 54.0 Å². The molecular formula is C20H20F3N5O. The molecule has 152 valence electrons. The van der Waals surface area contributed by atoms with Crippen LogP contribution in [0.4, 0.5) is 19.1 Å². The molecule has 3 aromatic rings. The van der Waals surface area contributed by atoms with Crippen LogP contribution in [0.15, 0.2) is 42.7 Å². The van der Waals surface area contributed by atoms with Crippen LogP contribution in [0.25, 0.3) is 10.9 Å². The van der Waals surface area contributed by atoms with E-state index < -0.39 is 11.7 Å². The number of aryl methyl sites for hydroxylation is 1. The molecule has 0 saturated carbocycles. The van der Waals surface area contributed by atoms with Crippen LogP contribution >= 0.6 is 0 Å². The van der Waals surface area contributed by atoms with Gasteiger partial charge in [-0.2, -0.15) is 13.2 Å². The molecule has 2 aromatic heterocycles. The number of aromatic nitrogens is 3. The Hall–Kier alpha value is -3.10. The van der Waals surface area contributed by atoms with E-state index in [0.717, 1.165) is 29.0 Å². The van der Waals surface area contributed by atoms with E-state index in [-0.39, 0.29) is 11.9 Å². The number of para-hydroxylation sites is 1. The number of alkyl halides is 3. The first-order valence-corrected chi connectivity index (χ1v) is 9.39. The number of benzene rings is 1. The molecule has 3 heterocycles. The second kappa shape index (κ2) is 7.73. The fraction of sp³-hybridized carbons (Fsp3) is 0.350. The van der Waals surface area contributed by atoms with Gasteiger partial charge in [0.15, 0.2) is 0 Å². The van der Waals surface area contributed by atoms with Gasteiger partial charge in [0, 0.05) is 56.2 Å². The Morgan fingerprint density at radius 3 is 2.41 bits per heavy atom. The van der Waals surface area contributed by atoms with Gasteiger partial charge in [0.05, 0.1) is 5.56 Å². The molecule has 1 aromatic carbocycles. The van der Waals surface area contributed by atoms with Crippen LogP contribution in [0.2, 0.25) is 0 Å². The zero-order valence-electron chi connectivity index (χ0n) is 15.6. The van der Waals surface area contributed by atoms with Crippen molar-refractivity contribution >= 4 is 22.8 Å². The van der Waals surface area contributed by atoms with E-state index in [1.54, 1.807) is 9.80 Å². The minimum Gasteiger partial charge on any atom is -0.358 e. The first-order valence-electron chi connectivity index (χ1n) is 9.39. The number of carbonyl (C=O) groups is 1. The molecule has 1 N–H and O–H groups in total. The Kier molecular flexibility index (Phi) is 5.12. The van der Waals surface area contributed by atoms with Crippen molar-refractivity contribution in [2.75, 3.05) is 31.1 Å². The summed E-state index contributed by atoms with van der Waals surface area (Å²) < 4.78 is 37.9. The normalized spacial score (nSPS) is 15.1. The van der Waals surface area contributed by atoms with E-state index >= 15 is 0 Å². The van der Waals surface area contributed by atoms with Crippen molar-refractivity contribution in [1.82, 2.24) is 19.9 Å². The maximum atomic E-state index is 12.6. The Balaban J connectivity index is 1.29. The van der Waals surface area contributed by atoms with Crippen molar-refractivity contribution in [1.29, 1.82) is 0 Å². The number of piperazine rings is 1. The summed E-state index contributed by atoms with van der Waals surface area (Å²) in [4.78, 5) is 27.1. The number of carbonyl (C=O) groups excluding carboxylic acids is 1. The minimum atomic E-state index is -4.45. The summed E-state index contributed by atoms with van der Waals surface area (Å²) in [6.45, 7) is 1.97. The van der Waals surface area contributed by atoms with E-state index in [1.807, 2.05) is 24.3 Å². The molecule has 4 rings (SSSR count). The number of fused-ring (bicyclic) bond motifs is 1. The van der Waals surface area contributed by atoms with Crippen LogP contribution in [-0.4, -0.2) is 51.9 Å². The van der Waals surface area contributed by atoms with Crippen molar-refractivity contribution in [3.8, 4) is 0 Å². The zero-order chi connectivity index (χ0) is 20.4. The molecule has 9 heteroatoms. The molecule has 0 unspecified atom stereocenters. The maximum Gasteiger partial charge on any atom is 0.419 e. The highest BCUT2D eigenvalue weighted by Gasteiger charge is 2.32. The van der Waals surface area contributed by atoms with Crippen LogP contribution in [0.3, 0.4) is 0 Å². The van der Waals surface area contributed by atoms with Crippen LogP contribution in [0.5, 0.6) is 0 Å². The standard InChI is InChI=1S/C20H20F3N5O/c21-20(22,23)15-12-24-19(25-13-15)28-9-7-27(8-10-28)18(29)6-5-16-11-14-3-1-2-4-17(14)26-16/h1-4,11-13,26H,5-10H2. The van der Waals surface area contributed by atoms with Gasteiger partial charge in [-0.05, 0) is 23.9 Å². The first kappa shape index (κ1) is 19.2. The minimum absolute atomic E-state index is 0.0663. The van der Waals surface area contributed by atoms with E-state index in [4.69, 9.17) is 0 Å². The second-order valence-corrected chi connectivity index (χ2v) is 7.02. The lowest BCUT2D eigenvalue weighted by Gasteiger charge is -2.34. The van der Waals surface area contributed by atoms with Gasteiger partial charge in [-0.15, -0.1) is 0 Å². The summed E-state index contributed by atoms with van der Waals surface area (Å²) in [5, 5.41) is 1.13. The fourth-order valence-corrected chi connectivity index (χ4v) is 3.45. The van der Waals surface area contributed by atoms with Crippen LogP contribution < -0.4 is 4.90 Å². The summed E-state index contributed by atoms with van der Waals surface area (Å²) >= 11 is 0. The lowest BCUT2D eigenvalue weighted by molar-refractivity contribution is -0.138. The monoisotopic (exact) mass is 403 g/mol. The molecule has 1 amide bonds. The SMILES string of the molecule is O=C(CCc1cc2ccccc2[nH]1)N1CCN(c2ncc(C(F)(F)F)cn2)CC1. The third-order valence-electron chi connectivity index (χ3n) is 5.07. The fourth-order valence-electron chi connectivity index (χ4n) is 3.45. The molecule has 0 aliphatic carbocycles. The Morgan fingerprint density at radius 1 is 1.07 bits per heavy atom. The Morgan fingerprint density at radius 2 is 1.76 bits per heavy atom. The maximum absolute atomic E-state index is 12.6. The Labute approximate surface area is 165 Å². The topological polar surface area (TPSA) is 65.1 Å². The molecule has 1 aliphatic rings. The van der Waals surface area contributed by atoms with Crippen molar-refractivity contribution < 1.29 is 18.0 Å². The van der Waals surface area contributed by atoms with Crippen LogP contribution in [0.1, 0.15) is 17.7 Å². The highest BCUT2D eigenvalue weighted by atomic mass is 19.4. The summed E-state index contributed by atoms with van der Waals surface area (Å²) in [7, 11) is 0. The van der Waals surface area contributed by atoms with Crippen molar-refractivity contribution in [2.24, 2.45) is 0 Å². The molecule has 0 spiro atoms. The third kappa shape index (κ3) is 4.33. The molecule has 1 saturated heterocycles. The smallest absolute Gasteiger partial charge is 0.358 e. The molecule has 0 atom stereocenters. The summed E-state index contributed by atoms with van der Waals surface area (Å²) in [6, 6.07) is 10.0. The van der Waals surface area contributed by atoms with Crippen LogP contribution in [0, 0.1) is 0 Å². The highest BCUT2D eigenvalue weighted by Crippen LogP contribution is 2.28. The molecule has 1 aliphatic heterocycles. The largest absolute Gasteiger partial charge is 0.419 e. The predicted molar refractivity (Wildman–Crippen MR) is 102 cm³/mol. The second-order valence-electron chi connectivity index (χ2n) is 7.02. The zero-order valence-corrected chi connectivity index (χ0v) is 15.6. The molecule has 1 fully saturated rings. The lowest BCUT2D eigenvalue weighted by atomic mass is 10.2. The van der Waals surface area contributed by atoms with Gasteiger partial charge < -0.3 is 14.8 Å². The Bertz CT molecular complexity index is 958. The number of halogens is 3. The molecule has 29 heavy (non-hydrogen) atoms. The summed E-state index contributed by atoms with van der Waals surface area (Å²) in [5.41, 5.74) is 1.21. The van der Waals surface area contributed by atoms with Crippen molar-refractivity contribution in [2.45, 2.75) is 19.0 Å². The molecule has 6 nitrogen and oxygen atoms in total. The van der Waals surface area contributed by atoms with Gasteiger partial charge >= 0.3 is 6.18 Å². The van der Waals surface area contributed by atoms with E-state index in [0.29, 0.717) is 39.0 Å². The molecule has 0 radical (unpaired) electrons. The highest BCUT2D eigenvalue weighted by molar-refractivity contribution is 5.81. The number of H-pyrrole nitrogens is 1. The number of nitrogens with one attached hydrogen (secondary N) is 1. The average Bonchev–Trinajstić information content (AvgIpc) is 3.15. The number of amides is 1. The van der Waals surface area contributed by atoms with Gasteiger partial charge in [0.1, 0.15) is 0 Å². The first-order chi connectivity index (χ1) is 13.9. The van der Waals surface area contributed by atoms with Crippen molar-refractivity contribution in [3.63, 3.8) is 0 Å². The molecular weight excluding hydrogens is 383 g/mol. The van der Waals surface area contributed by atoms with E-state index in [9.17, 15) is 18.0 Å². The van der Waals surface area contributed by atoms with Gasteiger partial charge in [0.25, 0.3) is 0 Å². The quantitative estimate of drug-likeness (QED) is 0.726. The number of nitrogens with zero attached hydrogens (tertiary/aromatic N) is 4. The summed E-state index contributed by atoms with van der Waals surface area (Å²) in [5.74, 6) is 0.319. The number of hydrogen-bond donors (Lipinski definition) is 1.